The summed E-state index contributed by atoms with van der Waals surface area (Å²) < 4.78 is 17.1. The van der Waals surface area contributed by atoms with Crippen LogP contribution in [0.25, 0.3) is 61.4 Å². The van der Waals surface area contributed by atoms with Crippen LogP contribution in [0.3, 0.4) is 0 Å². The number of fused-ring (bicyclic) bond motifs is 4. The van der Waals surface area contributed by atoms with Gasteiger partial charge in [0.25, 0.3) is 0 Å². The van der Waals surface area contributed by atoms with E-state index in [0.717, 1.165) is 67.0 Å². The second-order valence-corrected chi connectivity index (χ2v) is 9.51. The molecule has 0 N–H and O–H groups in total. The monoisotopic (exact) mass is 480 g/mol. The van der Waals surface area contributed by atoms with Crippen molar-refractivity contribution < 1.29 is 5.79 Å². The summed E-state index contributed by atoms with van der Waals surface area (Å²) in [6.07, 6.45) is 0. The van der Waals surface area contributed by atoms with Gasteiger partial charge >= 0.3 is 0 Å². The maximum atomic E-state index is 8.46. The molecule has 0 saturated heterocycles. The number of para-hydroxylation sites is 2. The summed E-state index contributed by atoms with van der Waals surface area (Å²) >= 11 is 0. The molecular weight excluding hydrogens is 454 g/mol. The van der Waals surface area contributed by atoms with Gasteiger partial charge in [0, 0.05) is 23.4 Å². The standard InChI is InChI=1S/C33H25N3O/c1-21(2)23-16-17-25-26-14-9-15-27(31(26)37-30(25)20-23)32-35-29-19-18-28(22-10-5-3-6-11-22)34-33(29)36(32)24-12-7-4-8-13-24/h3-21H,1-2H3/i21D. The average Bonchev–Trinajstić information content (AvgIpc) is 3.51. The summed E-state index contributed by atoms with van der Waals surface area (Å²) in [5, 5.41) is 2.05. The van der Waals surface area contributed by atoms with Crippen molar-refractivity contribution in [3.8, 4) is 28.3 Å². The minimum absolute atomic E-state index is 0.709. The number of hydrogen-bond donors (Lipinski definition) is 0. The van der Waals surface area contributed by atoms with Crippen LogP contribution in [0.4, 0.5) is 0 Å². The molecule has 0 aliphatic carbocycles. The van der Waals surface area contributed by atoms with E-state index in [4.69, 9.17) is 15.8 Å². The van der Waals surface area contributed by atoms with Crippen molar-refractivity contribution in [2.24, 2.45) is 0 Å². The summed E-state index contributed by atoms with van der Waals surface area (Å²) in [6, 6.07) is 36.7. The Hall–Kier alpha value is -4.70. The number of furan rings is 1. The summed E-state index contributed by atoms with van der Waals surface area (Å²) in [4.78, 5) is 10.2. The van der Waals surface area contributed by atoms with E-state index in [0.29, 0.717) is 0 Å². The van der Waals surface area contributed by atoms with Crippen LogP contribution in [-0.2, 0) is 0 Å². The lowest BCUT2D eigenvalue weighted by molar-refractivity contribution is 0.667. The molecule has 37 heavy (non-hydrogen) atoms. The Kier molecular flexibility index (Phi) is 4.68. The number of benzene rings is 4. The molecule has 0 bridgehead atoms. The lowest BCUT2D eigenvalue weighted by Crippen LogP contribution is -1.99. The van der Waals surface area contributed by atoms with E-state index in [1.165, 1.54) is 0 Å². The van der Waals surface area contributed by atoms with Crippen molar-refractivity contribution in [3.05, 3.63) is 115 Å². The Morgan fingerprint density at radius 3 is 2.32 bits per heavy atom. The largest absolute Gasteiger partial charge is 0.455 e. The third-order valence-electron chi connectivity index (χ3n) is 6.91. The van der Waals surface area contributed by atoms with E-state index in [-0.39, 0.29) is 0 Å². The molecule has 0 spiro atoms. The first-order valence-corrected chi connectivity index (χ1v) is 12.4. The fraction of sp³-hybridized carbons (Fsp3) is 0.0909. The second kappa shape index (κ2) is 8.45. The Morgan fingerprint density at radius 1 is 0.757 bits per heavy atom. The molecule has 0 atom stereocenters. The van der Waals surface area contributed by atoms with Gasteiger partial charge in [-0.1, -0.05) is 86.6 Å². The van der Waals surface area contributed by atoms with Gasteiger partial charge in [-0.15, -0.1) is 0 Å². The molecule has 3 heterocycles. The zero-order valence-corrected chi connectivity index (χ0v) is 20.6. The summed E-state index contributed by atoms with van der Waals surface area (Å²) in [7, 11) is 0. The molecule has 7 rings (SSSR count). The zero-order chi connectivity index (χ0) is 25.9. The van der Waals surface area contributed by atoms with Crippen molar-refractivity contribution in [3.63, 3.8) is 0 Å². The topological polar surface area (TPSA) is 43.9 Å². The highest BCUT2D eigenvalue weighted by atomic mass is 16.3. The first-order chi connectivity index (χ1) is 18.5. The Balaban J connectivity index is 1.51. The molecule has 0 amide bonds. The predicted octanol–water partition coefficient (Wildman–Crippen LogP) is 8.78. The van der Waals surface area contributed by atoms with Crippen molar-refractivity contribution >= 4 is 33.1 Å². The molecule has 7 aromatic rings. The number of pyridine rings is 1. The van der Waals surface area contributed by atoms with Gasteiger partial charge in [0.2, 0.25) is 0 Å². The third kappa shape index (κ3) is 3.53. The highest BCUT2D eigenvalue weighted by Gasteiger charge is 2.21. The normalized spacial score (nSPS) is 12.4. The third-order valence-corrected chi connectivity index (χ3v) is 6.91. The highest BCUT2D eigenvalue weighted by Crippen LogP contribution is 2.38. The van der Waals surface area contributed by atoms with Crippen LogP contribution in [0.15, 0.2) is 114 Å². The van der Waals surface area contributed by atoms with Gasteiger partial charge in [-0.25, -0.2) is 9.97 Å². The van der Waals surface area contributed by atoms with Gasteiger partial charge < -0.3 is 4.42 Å². The average molecular weight is 481 g/mol. The quantitative estimate of drug-likeness (QED) is 0.253. The van der Waals surface area contributed by atoms with Gasteiger partial charge in [-0.3, -0.25) is 4.57 Å². The van der Waals surface area contributed by atoms with Crippen molar-refractivity contribution in [1.29, 1.82) is 0 Å². The molecule has 178 valence electrons. The lowest BCUT2D eigenvalue weighted by Gasteiger charge is -2.10. The van der Waals surface area contributed by atoms with E-state index in [9.17, 15) is 0 Å². The smallest absolute Gasteiger partial charge is 0.165 e. The molecule has 0 unspecified atom stereocenters. The van der Waals surface area contributed by atoms with Crippen molar-refractivity contribution in [2.45, 2.75) is 19.7 Å². The highest BCUT2D eigenvalue weighted by molar-refractivity contribution is 6.09. The van der Waals surface area contributed by atoms with Crippen LogP contribution in [0.5, 0.6) is 0 Å². The molecule has 4 nitrogen and oxygen atoms in total. The van der Waals surface area contributed by atoms with Gasteiger partial charge in [-0.05, 0) is 47.9 Å². The molecule has 3 aromatic heterocycles. The zero-order valence-electron chi connectivity index (χ0n) is 21.6. The van der Waals surface area contributed by atoms with Gasteiger partial charge in [0.15, 0.2) is 11.5 Å². The Labute approximate surface area is 216 Å². The SMILES string of the molecule is [2H]C(C)(C)c1ccc2c(c1)oc1c(-c3nc4ccc(-c5ccccc5)nc4n3-c3ccccc3)cccc12. The maximum absolute atomic E-state index is 8.46. The fourth-order valence-corrected chi connectivity index (χ4v) is 5.01. The van der Waals surface area contributed by atoms with E-state index < -0.39 is 5.89 Å². The number of aromatic nitrogens is 3. The van der Waals surface area contributed by atoms with Gasteiger partial charge in [-0.2, -0.15) is 0 Å². The fourth-order valence-electron chi connectivity index (χ4n) is 5.01. The summed E-state index contributed by atoms with van der Waals surface area (Å²) in [5.41, 5.74) is 7.91. The first kappa shape index (κ1) is 20.5. The number of imidazole rings is 1. The summed E-state index contributed by atoms with van der Waals surface area (Å²) in [6.45, 7) is 3.78. The number of rotatable bonds is 4. The van der Waals surface area contributed by atoms with E-state index in [1.807, 2.05) is 80.6 Å². The first-order valence-electron chi connectivity index (χ1n) is 12.9. The second-order valence-electron chi connectivity index (χ2n) is 9.51. The van der Waals surface area contributed by atoms with E-state index in [2.05, 4.69) is 47.0 Å². The van der Waals surface area contributed by atoms with E-state index >= 15 is 0 Å². The molecule has 0 saturated carbocycles. The number of nitrogens with zero attached hydrogens (tertiary/aromatic N) is 3. The molecular formula is C33H25N3O. The maximum Gasteiger partial charge on any atom is 0.165 e. The molecule has 4 heteroatoms. The van der Waals surface area contributed by atoms with Crippen LogP contribution in [-0.4, -0.2) is 14.5 Å². The molecule has 0 radical (unpaired) electrons. The van der Waals surface area contributed by atoms with Crippen LogP contribution in [0, 0.1) is 0 Å². The predicted molar refractivity (Wildman–Crippen MR) is 151 cm³/mol. The van der Waals surface area contributed by atoms with Crippen LogP contribution >= 0.6 is 0 Å². The molecule has 0 fully saturated rings. The Morgan fingerprint density at radius 2 is 1.54 bits per heavy atom. The van der Waals surface area contributed by atoms with Crippen LogP contribution in [0.2, 0.25) is 0 Å². The van der Waals surface area contributed by atoms with Crippen molar-refractivity contribution in [2.75, 3.05) is 0 Å². The minimum atomic E-state index is -0.709. The van der Waals surface area contributed by atoms with Gasteiger partial charge in [0.1, 0.15) is 16.7 Å². The molecule has 0 aliphatic heterocycles. The minimum Gasteiger partial charge on any atom is -0.455 e. The summed E-state index contributed by atoms with van der Waals surface area (Å²) in [5.74, 6) is 0.0639. The molecule has 4 aromatic carbocycles. The number of hydrogen-bond acceptors (Lipinski definition) is 3. The van der Waals surface area contributed by atoms with Crippen LogP contribution < -0.4 is 0 Å². The van der Waals surface area contributed by atoms with Crippen molar-refractivity contribution in [1.82, 2.24) is 14.5 Å². The van der Waals surface area contributed by atoms with E-state index in [1.54, 1.807) is 0 Å². The van der Waals surface area contributed by atoms with Gasteiger partial charge in [0.05, 0.1) is 11.3 Å². The lowest BCUT2D eigenvalue weighted by atomic mass is 10.0. The Bertz CT molecular complexity index is 1950. The van der Waals surface area contributed by atoms with Crippen LogP contribution in [0.1, 0.15) is 26.7 Å². The molecule has 0 aliphatic rings.